The number of halogens is 8. The van der Waals surface area contributed by atoms with E-state index in [-0.39, 0.29) is 0 Å². The molecule has 0 aliphatic carbocycles. The molecular weight excluding hydrogens is 311 g/mol. The van der Waals surface area contributed by atoms with E-state index in [0.717, 1.165) is 0 Å². The summed E-state index contributed by atoms with van der Waals surface area (Å²) in [5.41, 5.74) is 0. The monoisotopic (exact) mass is 308 g/mol. The molecule has 0 aromatic carbocycles. The Bertz CT molecular complexity index is 234. The Balaban J connectivity index is 5.23. The summed E-state index contributed by atoms with van der Waals surface area (Å²) in [4.78, 5) is 0. The summed E-state index contributed by atoms with van der Waals surface area (Å²) in [6.07, 6.45) is 0. The van der Waals surface area contributed by atoms with Crippen LogP contribution in [0, 0.1) is 0 Å². The fourth-order valence-corrected chi connectivity index (χ4v) is 1.05. The second-order valence-electron chi connectivity index (χ2n) is 1.72. The second-order valence-corrected chi connectivity index (χ2v) is 4.38. The Kier molecular flexibility index (Phi) is 5.68. The minimum absolute atomic E-state index is 0.806. The van der Waals surface area contributed by atoms with E-state index in [2.05, 4.69) is 0 Å². The molecule has 0 aromatic rings. The van der Waals surface area contributed by atoms with Gasteiger partial charge in [-0.25, -0.2) is 0 Å². The predicted octanol–water partition coefficient (Wildman–Crippen LogP) is 5.39. The Hall–Kier alpha value is 1.08. The van der Waals surface area contributed by atoms with Crippen molar-refractivity contribution >= 4 is 69.6 Å². The molecule has 76 valence electrons. The summed E-state index contributed by atoms with van der Waals surface area (Å²) >= 11 is 30.3. The van der Waals surface area contributed by atoms with Crippen LogP contribution in [0.5, 0.6) is 0 Å². The van der Waals surface area contributed by atoms with Crippen LogP contribution < -0.4 is 0 Å². The molecular formula is C5Cl6F2. The van der Waals surface area contributed by atoms with E-state index in [0.29, 0.717) is 0 Å². The maximum atomic E-state index is 13.0. The van der Waals surface area contributed by atoms with Crippen molar-refractivity contribution in [2.75, 3.05) is 0 Å². The van der Waals surface area contributed by atoms with Crippen molar-refractivity contribution in [3.8, 4) is 0 Å². The summed E-state index contributed by atoms with van der Waals surface area (Å²) in [6, 6.07) is 0. The topological polar surface area (TPSA) is 0 Å². The van der Waals surface area contributed by atoms with Gasteiger partial charge in [0.1, 0.15) is 19.0 Å². The molecule has 0 saturated heterocycles. The molecule has 0 heterocycles. The van der Waals surface area contributed by atoms with Crippen LogP contribution in [0.25, 0.3) is 0 Å². The third kappa shape index (κ3) is 3.61. The first-order valence-corrected chi connectivity index (χ1v) is 4.78. The zero-order valence-electron chi connectivity index (χ0n) is 5.52. The van der Waals surface area contributed by atoms with Gasteiger partial charge in [0.2, 0.25) is 0 Å². The zero-order chi connectivity index (χ0) is 10.8. The summed E-state index contributed by atoms with van der Waals surface area (Å²) in [5, 5.41) is -2.28. The van der Waals surface area contributed by atoms with Crippen LogP contribution in [0.2, 0.25) is 0 Å². The van der Waals surface area contributed by atoms with Gasteiger partial charge in [-0.3, -0.25) is 0 Å². The van der Waals surface area contributed by atoms with Crippen molar-refractivity contribution in [3.63, 3.8) is 0 Å². The molecule has 0 saturated carbocycles. The number of hydrogen-bond acceptors (Lipinski definition) is 0. The molecule has 0 unspecified atom stereocenters. The first kappa shape index (κ1) is 14.1. The first-order chi connectivity index (χ1) is 5.71. The van der Waals surface area contributed by atoms with Gasteiger partial charge >= 0.3 is 5.92 Å². The summed E-state index contributed by atoms with van der Waals surface area (Å²) in [7, 11) is 0. The fourth-order valence-electron chi connectivity index (χ4n) is 0.334. The van der Waals surface area contributed by atoms with Crippen LogP contribution in [0.4, 0.5) is 8.78 Å². The van der Waals surface area contributed by atoms with E-state index in [1.807, 2.05) is 0 Å². The quantitative estimate of drug-likeness (QED) is 0.641. The lowest BCUT2D eigenvalue weighted by Crippen LogP contribution is -2.17. The molecule has 0 aromatic heterocycles. The average molecular weight is 311 g/mol. The number of alkyl halides is 2. The summed E-state index contributed by atoms with van der Waals surface area (Å²) < 4.78 is 24.4. The SMILES string of the molecule is FC(F)(C(Cl)=C(Cl)Cl)C(Cl)=C(Cl)Cl. The third-order valence-electron chi connectivity index (χ3n) is 0.883. The normalized spacial score (nSPS) is 11.1. The summed E-state index contributed by atoms with van der Waals surface area (Å²) in [5.74, 6) is -3.78. The van der Waals surface area contributed by atoms with Crippen molar-refractivity contribution in [1.82, 2.24) is 0 Å². The van der Waals surface area contributed by atoms with E-state index in [1.54, 1.807) is 0 Å². The van der Waals surface area contributed by atoms with Crippen molar-refractivity contribution in [2.24, 2.45) is 0 Å². The van der Waals surface area contributed by atoms with Gasteiger partial charge in [0.25, 0.3) is 0 Å². The highest BCUT2D eigenvalue weighted by molar-refractivity contribution is 6.61. The van der Waals surface area contributed by atoms with Crippen LogP contribution in [-0.4, -0.2) is 5.92 Å². The second kappa shape index (κ2) is 5.24. The minimum Gasteiger partial charge on any atom is -0.194 e. The van der Waals surface area contributed by atoms with E-state index in [4.69, 9.17) is 69.6 Å². The molecule has 0 radical (unpaired) electrons. The van der Waals surface area contributed by atoms with E-state index >= 15 is 0 Å². The lowest BCUT2D eigenvalue weighted by molar-refractivity contribution is 0.100. The zero-order valence-corrected chi connectivity index (χ0v) is 10.1. The van der Waals surface area contributed by atoms with Crippen molar-refractivity contribution in [3.05, 3.63) is 19.0 Å². The largest absolute Gasteiger partial charge is 0.323 e. The van der Waals surface area contributed by atoms with E-state index < -0.39 is 25.0 Å². The molecule has 0 spiro atoms. The van der Waals surface area contributed by atoms with Crippen LogP contribution in [0.15, 0.2) is 19.0 Å². The maximum Gasteiger partial charge on any atom is 0.323 e. The molecule has 0 bridgehead atoms. The Labute approximate surface area is 103 Å². The van der Waals surface area contributed by atoms with E-state index in [1.165, 1.54) is 0 Å². The van der Waals surface area contributed by atoms with Crippen molar-refractivity contribution in [1.29, 1.82) is 0 Å². The standard InChI is InChI=1S/C5Cl6F2/c6-1(3(8)9)5(12,13)2(7)4(10)11. The summed E-state index contributed by atoms with van der Waals surface area (Å²) in [6.45, 7) is 0. The van der Waals surface area contributed by atoms with Gasteiger partial charge in [0, 0.05) is 0 Å². The molecule has 0 N–H and O–H groups in total. The van der Waals surface area contributed by atoms with Crippen LogP contribution >= 0.6 is 69.6 Å². The van der Waals surface area contributed by atoms with Crippen molar-refractivity contribution in [2.45, 2.75) is 5.92 Å². The first-order valence-electron chi connectivity index (χ1n) is 2.51. The van der Waals surface area contributed by atoms with E-state index in [9.17, 15) is 8.78 Å². The Morgan fingerprint density at radius 2 is 0.923 bits per heavy atom. The van der Waals surface area contributed by atoms with Gasteiger partial charge in [-0.1, -0.05) is 69.6 Å². The van der Waals surface area contributed by atoms with Crippen LogP contribution in [-0.2, 0) is 0 Å². The Morgan fingerprint density at radius 1 is 0.692 bits per heavy atom. The molecule has 0 aliphatic heterocycles. The molecule has 0 fully saturated rings. The number of allylic oxidation sites excluding steroid dienone is 2. The minimum atomic E-state index is -3.78. The lowest BCUT2D eigenvalue weighted by atomic mass is 10.3. The average Bonchev–Trinajstić information content (AvgIpc) is 2.01. The van der Waals surface area contributed by atoms with Crippen molar-refractivity contribution < 1.29 is 8.78 Å². The molecule has 0 aliphatic rings. The van der Waals surface area contributed by atoms with Gasteiger partial charge in [0.15, 0.2) is 0 Å². The molecule has 0 nitrogen and oxygen atoms in total. The van der Waals surface area contributed by atoms with Gasteiger partial charge < -0.3 is 0 Å². The smallest absolute Gasteiger partial charge is 0.194 e. The number of hydrogen-bond donors (Lipinski definition) is 0. The molecule has 0 atom stereocenters. The highest BCUT2D eigenvalue weighted by atomic mass is 35.5. The van der Waals surface area contributed by atoms with Gasteiger partial charge in [-0.2, -0.15) is 8.78 Å². The maximum absolute atomic E-state index is 13.0. The van der Waals surface area contributed by atoms with Gasteiger partial charge in [0.05, 0.1) is 0 Å². The molecule has 0 rings (SSSR count). The third-order valence-corrected chi connectivity index (χ3v) is 2.88. The number of rotatable bonds is 2. The lowest BCUT2D eigenvalue weighted by Gasteiger charge is -2.14. The fraction of sp³-hybridized carbons (Fsp3) is 0.200. The molecule has 13 heavy (non-hydrogen) atoms. The van der Waals surface area contributed by atoms with Crippen LogP contribution in [0.3, 0.4) is 0 Å². The van der Waals surface area contributed by atoms with Crippen LogP contribution in [0.1, 0.15) is 0 Å². The van der Waals surface area contributed by atoms with Gasteiger partial charge in [-0.15, -0.1) is 0 Å². The molecule has 0 amide bonds. The highest BCUT2D eigenvalue weighted by Crippen LogP contribution is 2.43. The molecule has 8 heteroatoms. The Morgan fingerprint density at radius 3 is 1.08 bits per heavy atom. The predicted molar refractivity (Wildman–Crippen MR) is 54.1 cm³/mol. The van der Waals surface area contributed by atoms with Gasteiger partial charge in [-0.05, 0) is 0 Å². The highest BCUT2D eigenvalue weighted by Gasteiger charge is 2.41.